The molecule has 1 saturated heterocycles. The van der Waals surface area contributed by atoms with E-state index in [-0.39, 0.29) is 18.9 Å². The van der Waals surface area contributed by atoms with Crippen LogP contribution in [0.5, 0.6) is 0 Å². The molecule has 1 aliphatic rings. The Hall–Kier alpha value is -1.88. The largest absolute Gasteiger partial charge is 0.481 e. The molecule has 1 fully saturated rings. The number of amides is 1. The maximum Gasteiger partial charge on any atom is 0.305 e. The van der Waals surface area contributed by atoms with Crippen molar-refractivity contribution in [1.29, 1.82) is 0 Å². The Kier molecular flexibility index (Phi) is 5.75. The molecular weight excluding hydrogens is 268 g/mol. The molecule has 1 atom stereocenters. The van der Waals surface area contributed by atoms with Crippen molar-refractivity contribution in [3.8, 4) is 0 Å². The summed E-state index contributed by atoms with van der Waals surface area (Å²) in [5, 5.41) is 12.1. The summed E-state index contributed by atoms with van der Waals surface area (Å²) in [4.78, 5) is 24.8. The summed E-state index contributed by atoms with van der Waals surface area (Å²) in [6.45, 7) is 2.23. The number of para-hydroxylation sites is 1. The lowest BCUT2D eigenvalue weighted by Crippen LogP contribution is -2.33. The van der Waals surface area contributed by atoms with Gasteiger partial charge in [-0.3, -0.25) is 9.59 Å². The summed E-state index contributed by atoms with van der Waals surface area (Å²) in [6, 6.07) is 9.29. The summed E-state index contributed by atoms with van der Waals surface area (Å²) in [5.41, 5.74) is 0.772. The molecule has 0 aromatic heterocycles. The number of nitrogens with zero attached hydrogens (tertiary/aromatic N) is 1. The van der Waals surface area contributed by atoms with Crippen LogP contribution < -0.4 is 10.2 Å². The molecule has 1 aromatic carbocycles. The molecule has 1 heterocycles. The quantitative estimate of drug-likeness (QED) is 0.804. The van der Waals surface area contributed by atoms with Gasteiger partial charge in [0.15, 0.2) is 0 Å². The van der Waals surface area contributed by atoms with Crippen molar-refractivity contribution in [3.05, 3.63) is 30.3 Å². The van der Waals surface area contributed by atoms with Crippen LogP contribution in [0.25, 0.3) is 0 Å². The Balaban J connectivity index is 1.96. The summed E-state index contributed by atoms with van der Waals surface area (Å²) in [5.74, 6) is -0.316. The molecule has 0 aliphatic carbocycles. The van der Waals surface area contributed by atoms with E-state index in [2.05, 4.69) is 5.32 Å². The number of nitrogens with one attached hydrogen (secondary N) is 1. The van der Waals surface area contributed by atoms with Gasteiger partial charge in [0.2, 0.25) is 5.91 Å². The molecule has 2 N–H and O–H groups in total. The van der Waals surface area contributed by atoms with Crippen LogP contribution in [0.1, 0.15) is 25.7 Å². The van der Waals surface area contributed by atoms with Crippen LogP contribution in [0, 0.1) is 5.92 Å². The summed E-state index contributed by atoms with van der Waals surface area (Å²) in [7, 11) is 0. The average molecular weight is 290 g/mol. The van der Waals surface area contributed by atoms with Gasteiger partial charge in [0.05, 0.1) is 6.42 Å². The van der Waals surface area contributed by atoms with Crippen LogP contribution in [0.15, 0.2) is 30.3 Å². The highest BCUT2D eigenvalue weighted by Gasteiger charge is 2.20. The minimum Gasteiger partial charge on any atom is -0.481 e. The monoisotopic (exact) mass is 290 g/mol. The average Bonchev–Trinajstić information content (AvgIpc) is 2.99. The second-order valence-electron chi connectivity index (χ2n) is 5.42. The number of carbonyl (C=O) groups is 2. The fraction of sp³-hybridized carbons (Fsp3) is 0.500. The molecule has 1 unspecified atom stereocenters. The van der Waals surface area contributed by atoms with Crippen molar-refractivity contribution in [3.63, 3.8) is 0 Å². The highest BCUT2D eigenvalue weighted by atomic mass is 16.4. The van der Waals surface area contributed by atoms with Gasteiger partial charge in [-0.1, -0.05) is 18.2 Å². The molecule has 1 aliphatic heterocycles. The summed E-state index contributed by atoms with van der Waals surface area (Å²) in [6.07, 6.45) is 2.42. The van der Waals surface area contributed by atoms with Gasteiger partial charge < -0.3 is 15.3 Å². The zero-order valence-corrected chi connectivity index (χ0v) is 12.1. The van der Waals surface area contributed by atoms with E-state index in [0.717, 1.165) is 31.6 Å². The minimum absolute atomic E-state index is 0.00866. The Morgan fingerprint density at radius 3 is 2.62 bits per heavy atom. The third kappa shape index (κ3) is 4.86. The number of hydrogen-bond donors (Lipinski definition) is 2. The Bertz CT molecular complexity index is 470. The number of carboxylic acids is 1. The van der Waals surface area contributed by atoms with Crippen LogP contribution >= 0.6 is 0 Å². The minimum atomic E-state index is -0.885. The molecule has 0 bridgehead atoms. The van der Waals surface area contributed by atoms with Crippen LogP contribution in [0.4, 0.5) is 5.69 Å². The van der Waals surface area contributed by atoms with Gasteiger partial charge in [-0.15, -0.1) is 0 Å². The molecule has 5 heteroatoms. The molecule has 5 nitrogen and oxygen atoms in total. The van der Waals surface area contributed by atoms with E-state index >= 15 is 0 Å². The third-order valence-electron chi connectivity index (χ3n) is 3.85. The van der Waals surface area contributed by atoms with Crippen molar-refractivity contribution in [2.75, 3.05) is 24.5 Å². The number of carbonyl (C=O) groups excluding carboxylic acids is 1. The molecule has 0 spiro atoms. The van der Waals surface area contributed by atoms with E-state index in [4.69, 9.17) is 5.11 Å². The van der Waals surface area contributed by atoms with Gasteiger partial charge in [-0.2, -0.15) is 0 Å². The maximum absolute atomic E-state index is 12.4. The molecule has 21 heavy (non-hydrogen) atoms. The van der Waals surface area contributed by atoms with E-state index < -0.39 is 5.97 Å². The number of carboxylic acid groups (broad SMARTS) is 1. The van der Waals surface area contributed by atoms with Gasteiger partial charge in [-0.05, 0) is 44.0 Å². The number of benzene rings is 1. The second-order valence-corrected chi connectivity index (χ2v) is 5.42. The van der Waals surface area contributed by atoms with E-state index in [1.807, 2.05) is 30.3 Å². The fourth-order valence-corrected chi connectivity index (χ4v) is 2.64. The topological polar surface area (TPSA) is 69.6 Å². The first-order valence-electron chi connectivity index (χ1n) is 7.44. The van der Waals surface area contributed by atoms with Crippen LogP contribution in [-0.2, 0) is 9.59 Å². The molecule has 1 amide bonds. The Morgan fingerprint density at radius 2 is 2.00 bits per heavy atom. The van der Waals surface area contributed by atoms with Gasteiger partial charge in [-0.25, -0.2) is 0 Å². The normalized spacial score (nSPS) is 17.6. The number of anilines is 1. The molecule has 0 saturated carbocycles. The SMILES string of the molecule is O=C(O)CCN(C(=O)CCC1CCNC1)c1ccccc1. The van der Waals surface area contributed by atoms with E-state index in [1.54, 1.807) is 4.90 Å². The lowest BCUT2D eigenvalue weighted by Gasteiger charge is -2.23. The fourth-order valence-electron chi connectivity index (χ4n) is 2.64. The van der Waals surface area contributed by atoms with E-state index in [9.17, 15) is 9.59 Å². The van der Waals surface area contributed by atoms with Crippen molar-refractivity contribution in [1.82, 2.24) is 5.32 Å². The standard InChI is InChI=1S/C16H22N2O3/c19-15(7-6-13-8-10-17-12-13)18(11-9-16(20)21)14-4-2-1-3-5-14/h1-5,13,17H,6-12H2,(H,20,21). The predicted octanol–water partition coefficient (Wildman–Crippen LogP) is 1.88. The predicted molar refractivity (Wildman–Crippen MR) is 81.3 cm³/mol. The van der Waals surface area contributed by atoms with Crippen molar-refractivity contribution in [2.24, 2.45) is 5.92 Å². The zero-order valence-electron chi connectivity index (χ0n) is 12.1. The van der Waals surface area contributed by atoms with E-state index in [0.29, 0.717) is 12.3 Å². The highest BCUT2D eigenvalue weighted by Crippen LogP contribution is 2.19. The number of rotatable bonds is 7. The lowest BCUT2D eigenvalue weighted by molar-refractivity contribution is -0.136. The molecule has 2 rings (SSSR count). The maximum atomic E-state index is 12.4. The van der Waals surface area contributed by atoms with Gasteiger partial charge in [0, 0.05) is 18.7 Å². The van der Waals surface area contributed by atoms with Gasteiger partial charge in [0.25, 0.3) is 0 Å². The first-order valence-corrected chi connectivity index (χ1v) is 7.44. The number of aliphatic carboxylic acids is 1. The Morgan fingerprint density at radius 1 is 1.24 bits per heavy atom. The lowest BCUT2D eigenvalue weighted by atomic mass is 10.0. The summed E-state index contributed by atoms with van der Waals surface area (Å²) < 4.78 is 0. The molecule has 114 valence electrons. The van der Waals surface area contributed by atoms with Crippen LogP contribution in [-0.4, -0.2) is 36.6 Å². The van der Waals surface area contributed by atoms with Crippen LogP contribution in [0.3, 0.4) is 0 Å². The van der Waals surface area contributed by atoms with Gasteiger partial charge >= 0.3 is 5.97 Å². The second kappa shape index (κ2) is 7.78. The smallest absolute Gasteiger partial charge is 0.305 e. The molecule has 1 aromatic rings. The first kappa shape index (κ1) is 15.5. The van der Waals surface area contributed by atoms with Crippen molar-refractivity contribution >= 4 is 17.6 Å². The highest BCUT2D eigenvalue weighted by molar-refractivity contribution is 5.93. The zero-order chi connectivity index (χ0) is 15.1. The molecule has 0 radical (unpaired) electrons. The van der Waals surface area contributed by atoms with Crippen molar-refractivity contribution in [2.45, 2.75) is 25.7 Å². The first-order chi connectivity index (χ1) is 10.2. The summed E-state index contributed by atoms with van der Waals surface area (Å²) >= 11 is 0. The van der Waals surface area contributed by atoms with Gasteiger partial charge in [0.1, 0.15) is 0 Å². The third-order valence-corrected chi connectivity index (χ3v) is 3.85. The molecular formula is C16H22N2O3. The Labute approximate surface area is 125 Å². The number of hydrogen-bond acceptors (Lipinski definition) is 3. The van der Waals surface area contributed by atoms with E-state index in [1.165, 1.54) is 0 Å². The van der Waals surface area contributed by atoms with Crippen LogP contribution in [0.2, 0.25) is 0 Å². The van der Waals surface area contributed by atoms with Crippen molar-refractivity contribution < 1.29 is 14.7 Å².